The molecule has 8 aromatic carbocycles. The van der Waals surface area contributed by atoms with Gasteiger partial charge in [0.15, 0.2) is 5.84 Å². The highest BCUT2D eigenvalue weighted by Gasteiger charge is 2.22. The smallest absolute Gasteiger partial charge is 0.159 e. The van der Waals surface area contributed by atoms with Crippen molar-refractivity contribution in [3.63, 3.8) is 0 Å². The summed E-state index contributed by atoms with van der Waals surface area (Å²) >= 11 is 3.71. The summed E-state index contributed by atoms with van der Waals surface area (Å²) in [7, 11) is 0. The molecule has 0 saturated carbocycles. The minimum atomic E-state index is -0.244. The number of hydrogen-bond acceptors (Lipinski definition) is 5. The fraction of sp³-hybridized carbons (Fsp3) is 0.0196. The lowest BCUT2D eigenvalue weighted by atomic mass is 9.97. The number of hydrogen-bond donors (Lipinski definition) is 1. The van der Waals surface area contributed by atoms with Gasteiger partial charge in [-0.15, -0.1) is 22.7 Å². The van der Waals surface area contributed by atoms with E-state index in [1.807, 2.05) is 46.9 Å². The van der Waals surface area contributed by atoms with E-state index in [-0.39, 0.29) is 6.17 Å². The van der Waals surface area contributed by atoms with Gasteiger partial charge in [-0.3, -0.25) is 0 Å². The number of thiophene rings is 2. The molecule has 1 aliphatic heterocycles. The number of benzene rings is 8. The molecular formula is C51H32N4S2. The van der Waals surface area contributed by atoms with Crippen LogP contribution in [-0.4, -0.2) is 16.2 Å². The Kier molecular flexibility index (Phi) is 7.30. The standard InChI is InChI=1S/C51H32N4S2/c1-3-12-31(13-4-1)49-52-50(32-14-5-2-6-15-32)54-51(53-49)34-23-26-45-40(29-34)39-28-33(22-25-44(39)56-45)36-18-11-21-47-48(36)41-30-35(24-27-46(41)57-47)55-42-19-9-7-16-37(42)38-17-8-10-20-43(38)55/h1-30,49H,(H,52,53,54). The van der Waals surface area contributed by atoms with Crippen LogP contribution in [0.5, 0.6) is 0 Å². The maximum atomic E-state index is 5.11. The summed E-state index contributed by atoms with van der Waals surface area (Å²) in [6.45, 7) is 0. The molecule has 1 atom stereocenters. The summed E-state index contributed by atoms with van der Waals surface area (Å²) in [6.07, 6.45) is -0.244. The summed E-state index contributed by atoms with van der Waals surface area (Å²) in [5, 5.41) is 11.3. The summed E-state index contributed by atoms with van der Waals surface area (Å²) < 4.78 is 7.54. The topological polar surface area (TPSA) is 41.7 Å². The number of nitrogens with one attached hydrogen (secondary N) is 1. The number of rotatable bonds is 5. The molecule has 268 valence electrons. The molecule has 0 spiro atoms. The van der Waals surface area contributed by atoms with Crippen LogP contribution in [0.3, 0.4) is 0 Å². The van der Waals surface area contributed by atoms with Gasteiger partial charge in [0.2, 0.25) is 0 Å². The first kappa shape index (κ1) is 32.4. The van der Waals surface area contributed by atoms with Gasteiger partial charge in [0.1, 0.15) is 12.0 Å². The van der Waals surface area contributed by atoms with Gasteiger partial charge < -0.3 is 9.88 Å². The average molecular weight is 765 g/mol. The van der Waals surface area contributed by atoms with Crippen molar-refractivity contribution in [2.24, 2.45) is 9.98 Å². The van der Waals surface area contributed by atoms with E-state index in [9.17, 15) is 0 Å². The maximum absolute atomic E-state index is 5.11. The second-order valence-electron chi connectivity index (χ2n) is 14.6. The van der Waals surface area contributed by atoms with Gasteiger partial charge in [0, 0.05) is 67.9 Å². The van der Waals surface area contributed by atoms with Crippen molar-refractivity contribution >= 4 is 96.5 Å². The zero-order chi connectivity index (χ0) is 37.5. The Morgan fingerprint density at radius 1 is 0.456 bits per heavy atom. The first-order valence-corrected chi connectivity index (χ1v) is 20.8. The van der Waals surface area contributed by atoms with E-state index in [0.29, 0.717) is 0 Å². The molecule has 6 heteroatoms. The molecule has 0 bridgehead atoms. The number of fused-ring (bicyclic) bond motifs is 9. The van der Waals surface area contributed by atoms with Crippen LogP contribution in [0.15, 0.2) is 192 Å². The first-order valence-electron chi connectivity index (χ1n) is 19.2. The van der Waals surface area contributed by atoms with Gasteiger partial charge in [-0.25, -0.2) is 9.98 Å². The van der Waals surface area contributed by atoms with Gasteiger partial charge in [0.25, 0.3) is 0 Å². The molecule has 12 rings (SSSR count). The number of aliphatic imine (C=N–C) groups is 2. The van der Waals surface area contributed by atoms with Crippen molar-refractivity contribution in [1.29, 1.82) is 0 Å². The fourth-order valence-corrected chi connectivity index (χ4v) is 10.8. The Hall–Kier alpha value is -6.86. The van der Waals surface area contributed by atoms with E-state index in [1.165, 1.54) is 79.0 Å². The highest BCUT2D eigenvalue weighted by Crippen LogP contribution is 2.44. The van der Waals surface area contributed by atoms with E-state index in [0.717, 1.165) is 28.4 Å². The normalized spacial score (nSPS) is 14.5. The minimum absolute atomic E-state index is 0.244. The zero-order valence-corrected chi connectivity index (χ0v) is 32.2. The molecule has 3 aromatic heterocycles. The second-order valence-corrected chi connectivity index (χ2v) is 16.8. The second kappa shape index (κ2) is 12.8. The van der Waals surface area contributed by atoms with Crippen LogP contribution in [0.2, 0.25) is 0 Å². The van der Waals surface area contributed by atoms with Gasteiger partial charge >= 0.3 is 0 Å². The lowest BCUT2D eigenvalue weighted by molar-refractivity contribution is 0.674. The molecule has 57 heavy (non-hydrogen) atoms. The minimum Gasteiger partial charge on any atom is -0.344 e. The molecule has 4 heterocycles. The van der Waals surface area contributed by atoms with Crippen LogP contribution in [0.4, 0.5) is 0 Å². The van der Waals surface area contributed by atoms with E-state index in [4.69, 9.17) is 9.98 Å². The van der Waals surface area contributed by atoms with Crippen molar-refractivity contribution in [2.75, 3.05) is 0 Å². The molecule has 0 saturated heterocycles. The predicted molar refractivity (Wildman–Crippen MR) is 244 cm³/mol. The molecular weight excluding hydrogens is 733 g/mol. The Morgan fingerprint density at radius 3 is 1.82 bits per heavy atom. The number of para-hydroxylation sites is 2. The Bertz CT molecular complexity index is 3390. The Labute approximate surface area is 336 Å². The number of amidine groups is 2. The van der Waals surface area contributed by atoms with Crippen LogP contribution in [0, 0.1) is 0 Å². The Balaban J connectivity index is 0.994. The summed E-state index contributed by atoms with van der Waals surface area (Å²) in [4.78, 5) is 10.2. The van der Waals surface area contributed by atoms with E-state index in [2.05, 4.69) is 168 Å². The third-order valence-electron chi connectivity index (χ3n) is 11.3. The monoisotopic (exact) mass is 764 g/mol. The van der Waals surface area contributed by atoms with Crippen LogP contribution < -0.4 is 5.32 Å². The molecule has 0 aliphatic carbocycles. The Morgan fingerprint density at radius 2 is 1.07 bits per heavy atom. The van der Waals surface area contributed by atoms with Crippen LogP contribution in [0.1, 0.15) is 22.9 Å². The van der Waals surface area contributed by atoms with Crippen molar-refractivity contribution in [2.45, 2.75) is 6.17 Å². The molecule has 0 fully saturated rings. The fourth-order valence-electron chi connectivity index (χ4n) is 8.61. The van der Waals surface area contributed by atoms with E-state index in [1.54, 1.807) is 0 Å². The lowest BCUT2D eigenvalue weighted by Crippen LogP contribution is -2.33. The first-order chi connectivity index (χ1) is 28.2. The summed E-state index contributed by atoms with van der Waals surface area (Å²) in [5.41, 5.74) is 9.24. The predicted octanol–water partition coefficient (Wildman–Crippen LogP) is 13.7. The number of aromatic nitrogens is 1. The third-order valence-corrected chi connectivity index (χ3v) is 13.5. The maximum Gasteiger partial charge on any atom is 0.159 e. The van der Waals surface area contributed by atoms with Gasteiger partial charge in [0.05, 0.1) is 11.0 Å². The SMILES string of the molecule is c1ccc(C2=NC(c3ccccc3)NC(c3ccc4sc5ccc(-c6cccc7sc8ccc(-n9c%10ccccc%10c%10ccccc%109)cc8c67)cc5c4c3)=N2)cc1. The highest BCUT2D eigenvalue weighted by atomic mass is 32.1. The van der Waals surface area contributed by atoms with E-state index >= 15 is 0 Å². The quantitative estimate of drug-likeness (QED) is 0.186. The average Bonchev–Trinajstić information content (AvgIpc) is 3.95. The molecule has 4 nitrogen and oxygen atoms in total. The van der Waals surface area contributed by atoms with Gasteiger partial charge in [-0.2, -0.15) is 0 Å². The highest BCUT2D eigenvalue weighted by molar-refractivity contribution is 7.26. The van der Waals surface area contributed by atoms with Crippen molar-refractivity contribution < 1.29 is 0 Å². The van der Waals surface area contributed by atoms with Crippen LogP contribution >= 0.6 is 22.7 Å². The molecule has 1 aliphatic rings. The summed E-state index contributed by atoms with van der Waals surface area (Å²) in [6, 6.07) is 65.6. The van der Waals surface area contributed by atoms with Crippen LogP contribution in [-0.2, 0) is 0 Å². The third kappa shape index (κ3) is 5.26. The largest absolute Gasteiger partial charge is 0.344 e. The molecule has 1 unspecified atom stereocenters. The van der Waals surface area contributed by atoms with Gasteiger partial charge in [-0.1, -0.05) is 115 Å². The number of nitrogens with zero attached hydrogens (tertiary/aromatic N) is 3. The van der Waals surface area contributed by atoms with Crippen molar-refractivity contribution in [3.05, 3.63) is 199 Å². The zero-order valence-electron chi connectivity index (χ0n) is 30.6. The van der Waals surface area contributed by atoms with Gasteiger partial charge in [-0.05, 0) is 83.4 Å². The van der Waals surface area contributed by atoms with E-state index < -0.39 is 0 Å². The van der Waals surface area contributed by atoms with Crippen LogP contribution in [0.25, 0.3) is 79.0 Å². The molecule has 1 N–H and O–H groups in total. The van der Waals surface area contributed by atoms with Crippen molar-refractivity contribution in [3.8, 4) is 16.8 Å². The molecule has 0 radical (unpaired) electrons. The summed E-state index contributed by atoms with van der Waals surface area (Å²) in [5.74, 6) is 1.55. The molecule has 11 aromatic rings. The molecule has 0 amide bonds. The lowest BCUT2D eigenvalue weighted by Gasteiger charge is -2.23. The van der Waals surface area contributed by atoms with Crippen molar-refractivity contribution in [1.82, 2.24) is 9.88 Å².